The smallest absolute Gasteiger partial charge is 0.266 e. The quantitative estimate of drug-likeness (QED) is 0.452. The molecule has 0 aromatic heterocycles. The van der Waals surface area contributed by atoms with E-state index < -0.39 is 33.8 Å². The molecule has 4 N–H and O–H groups in total. The highest BCUT2D eigenvalue weighted by molar-refractivity contribution is 7.89. The van der Waals surface area contributed by atoms with E-state index in [-0.39, 0.29) is 33.2 Å². The Labute approximate surface area is 204 Å². The lowest BCUT2D eigenvalue weighted by atomic mass is 10.0. The number of halogens is 2. The van der Waals surface area contributed by atoms with Crippen LogP contribution in [0.1, 0.15) is 32.6 Å². The second-order valence-electron chi connectivity index (χ2n) is 8.31. The Bertz CT molecular complexity index is 956. The number of nitrogens with zero attached hydrogens (tertiary/aromatic N) is 1. The Kier molecular flexibility index (Phi) is 8.85. The lowest BCUT2D eigenvalue weighted by Crippen LogP contribution is -2.46. The molecule has 1 aromatic carbocycles. The molecule has 0 unspecified atom stereocenters. The van der Waals surface area contributed by atoms with Gasteiger partial charge < -0.3 is 21.1 Å². The molecule has 2 fully saturated rings. The zero-order valence-electron chi connectivity index (χ0n) is 18.4. The van der Waals surface area contributed by atoms with Crippen molar-refractivity contribution in [2.24, 2.45) is 11.7 Å². The molecule has 1 radical (unpaired) electrons. The minimum absolute atomic E-state index is 0.0326. The van der Waals surface area contributed by atoms with Crippen LogP contribution < -0.4 is 21.1 Å². The number of hydrogen-bond acceptors (Lipinski definition) is 7. The molecule has 2 atom stereocenters. The molecule has 0 spiro atoms. The third kappa shape index (κ3) is 6.30. The summed E-state index contributed by atoms with van der Waals surface area (Å²) < 4.78 is 33.9. The monoisotopic (exact) mass is 519 g/mol. The van der Waals surface area contributed by atoms with Gasteiger partial charge in [0.05, 0.1) is 27.4 Å². The first-order valence-corrected chi connectivity index (χ1v) is 13.1. The van der Waals surface area contributed by atoms with Crippen LogP contribution in [0.2, 0.25) is 10.0 Å². The number of carbonyl (C=O) groups is 2. The summed E-state index contributed by atoms with van der Waals surface area (Å²) in [6, 6.07) is 1.94. The van der Waals surface area contributed by atoms with E-state index in [1.165, 1.54) is 18.6 Å². The van der Waals surface area contributed by atoms with Crippen LogP contribution in [0.15, 0.2) is 17.0 Å². The van der Waals surface area contributed by atoms with E-state index in [4.69, 9.17) is 33.7 Å². The van der Waals surface area contributed by atoms with Gasteiger partial charge in [-0.1, -0.05) is 30.1 Å². The maximum atomic E-state index is 13.5. The average molecular weight is 520 g/mol. The van der Waals surface area contributed by atoms with E-state index in [2.05, 4.69) is 10.6 Å². The number of sulfonamides is 1. The highest BCUT2D eigenvalue weighted by Gasteiger charge is 2.38. The number of rotatable bonds is 9. The SMILES string of the molecule is C[C@@H](C[CH]C(=O)N([C@H]1CCNC1)S(=O)(=O)c1cc(Cl)c(OC2CCNCC2)c(Cl)c1)C(N)=O. The van der Waals surface area contributed by atoms with E-state index in [1.54, 1.807) is 6.92 Å². The molecule has 0 bridgehead atoms. The number of nitrogens with two attached hydrogens (primary N) is 1. The first-order chi connectivity index (χ1) is 15.6. The Balaban J connectivity index is 1.87. The van der Waals surface area contributed by atoms with Gasteiger partial charge in [0.25, 0.3) is 10.0 Å². The second kappa shape index (κ2) is 11.2. The molecule has 0 aliphatic carbocycles. The largest absolute Gasteiger partial charge is 0.487 e. The molecule has 33 heavy (non-hydrogen) atoms. The second-order valence-corrected chi connectivity index (χ2v) is 10.9. The first-order valence-electron chi connectivity index (χ1n) is 10.9. The van der Waals surface area contributed by atoms with Gasteiger partial charge in [-0.3, -0.25) is 9.59 Å². The van der Waals surface area contributed by atoms with Crippen LogP contribution in [0.4, 0.5) is 0 Å². The number of piperidine rings is 1. The van der Waals surface area contributed by atoms with E-state index in [1.807, 2.05) is 0 Å². The van der Waals surface area contributed by atoms with Gasteiger partial charge in [-0.2, -0.15) is 0 Å². The van der Waals surface area contributed by atoms with Crippen LogP contribution in [0.3, 0.4) is 0 Å². The van der Waals surface area contributed by atoms with E-state index >= 15 is 0 Å². The Morgan fingerprint density at radius 3 is 2.33 bits per heavy atom. The minimum Gasteiger partial charge on any atom is -0.487 e. The highest BCUT2D eigenvalue weighted by atomic mass is 35.5. The summed E-state index contributed by atoms with van der Waals surface area (Å²) in [7, 11) is -4.28. The molecule has 0 saturated carbocycles. The molecule has 2 aliphatic rings. The third-order valence-electron chi connectivity index (χ3n) is 5.81. The molecule has 1 aromatic rings. The number of carbonyl (C=O) groups excluding carboxylic acids is 2. The third-order valence-corrected chi connectivity index (χ3v) is 8.20. The predicted octanol–water partition coefficient (Wildman–Crippen LogP) is 1.72. The van der Waals surface area contributed by atoms with Crippen LogP contribution in [0.25, 0.3) is 0 Å². The van der Waals surface area contributed by atoms with Gasteiger partial charge in [-0.05, 0) is 57.5 Å². The summed E-state index contributed by atoms with van der Waals surface area (Å²) in [6.45, 7) is 4.09. The van der Waals surface area contributed by atoms with Crippen molar-refractivity contribution in [2.75, 3.05) is 26.2 Å². The molecule has 183 valence electrons. The van der Waals surface area contributed by atoms with E-state index in [0.29, 0.717) is 19.5 Å². The van der Waals surface area contributed by atoms with E-state index in [9.17, 15) is 18.0 Å². The molecule has 9 nitrogen and oxygen atoms in total. The van der Waals surface area contributed by atoms with Gasteiger partial charge >= 0.3 is 0 Å². The zero-order valence-corrected chi connectivity index (χ0v) is 20.7. The Hall–Kier alpha value is -1.59. The summed E-state index contributed by atoms with van der Waals surface area (Å²) in [5.41, 5.74) is 5.25. The topological polar surface area (TPSA) is 131 Å². The fraction of sp³-hybridized carbons (Fsp3) is 0.571. The van der Waals surface area contributed by atoms with Gasteiger partial charge in [0.2, 0.25) is 11.8 Å². The number of amides is 2. The molecule has 3 rings (SSSR count). The van der Waals surface area contributed by atoms with E-state index in [0.717, 1.165) is 30.2 Å². The van der Waals surface area contributed by atoms with Crippen molar-refractivity contribution < 1.29 is 22.7 Å². The molecule has 12 heteroatoms. The number of ether oxygens (including phenoxy) is 1. The summed E-state index contributed by atoms with van der Waals surface area (Å²) in [5.74, 6) is -1.67. The molecule has 2 heterocycles. The summed E-state index contributed by atoms with van der Waals surface area (Å²) in [4.78, 5) is 24.1. The maximum absolute atomic E-state index is 13.5. The molecule has 2 aliphatic heterocycles. The molecule has 2 amide bonds. The lowest BCUT2D eigenvalue weighted by Gasteiger charge is -2.29. The highest BCUT2D eigenvalue weighted by Crippen LogP contribution is 2.38. The number of primary amides is 1. The maximum Gasteiger partial charge on any atom is 0.266 e. The van der Waals surface area contributed by atoms with Crippen LogP contribution in [-0.4, -0.2) is 62.9 Å². The van der Waals surface area contributed by atoms with Crippen molar-refractivity contribution >= 4 is 45.0 Å². The summed E-state index contributed by atoms with van der Waals surface area (Å²) in [6.07, 6.45) is 3.16. The van der Waals surface area contributed by atoms with Gasteiger partial charge in [-0.15, -0.1) is 0 Å². The summed E-state index contributed by atoms with van der Waals surface area (Å²) in [5, 5.41) is 6.42. The first kappa shape index (κ1) is 26.0. The average Bonchev–Trinajstić information content (AvgIpc) is 3.29. The van der Waals surface area contributed by atoms with Gasteiger partial charge in [0, 0.05) is 12.5 Å². The zero-order chi connectivity index (χ0) is 24.2. The minimum atomic E-state index is -4.28. The van der Waals surface area contributed by atoms with Crippen molar-refractivity contribution in [2.45, 2.75) is 49.6 Å². The van der Waals surface area contributed by atoms with Crippen molar-refractivity contribution in [1.29, 1.82) is 0 Å². The standard InChI is InChI=1S/C21H29Cl2N4O5S/c1-13(21(24)29)2-3-19(28)27(14-4-7-26-12-14)33(30,31)16-10-17(22)20(18(23)11-16)32-15-5-8-25-9-6-15/h3,10-11,13-15,25-26H,2,4-9,12H2,1H3,(H2,24,29)/t13-,14-/m0/s1. The van der Waals surface area contributed by atoms with Crippen LogP contribution in [0.5, 0.6) is 5.75 Å². The van der Waals surface area contributed by atoms with Crippen molar-refractivity contribution in [3.8, 4) is 5.75 Å². The van der Waals surface area contributed by atoms with Gasteiger partial charge in [0.15, 0.2) is 5.75 Å². The van der Waals surface area contributed by atoms with Crippen LogP contribution >= 0.6 is 23.2 Å². The Morgan fingerprint density at radius 2 is 1.79 bits per heavy atom. The fourth-order valence-electron chi connectivity index (χ4n) is 3.81. The normalized spacial score (nSPS) is 20.4. The van der Waals surface area contributed by atoms with Gasteiger partial charge in [-0.25, -0.2) is 12.7 Å². The fourth-order valence-corrected chi connectivity index (χ4v) is 6.16. The number of nitrogens with one attached hydrogen (secondary N) is 2. The van der Waals surface area contributed by atoms with Crippen LogP contribution in [-0.2, 0) is 19.6 Å². The molecular formula is C21H29Cl2N4O5S. The lowest BCUT2D eigenvalue weighted by molar-refractivity contribution is -0.124. The predicted molar refractivity (Wildman–Crippen MR) is 126 cm³/mol. The van der Waals surface area contributed by atoms with Crippen molar-refractivity contribution in [3.63, 3.8) is 0 Å². The summed E-state index contributed by atoms with van der Waals surface area (Å²) >= 11 is 12.8. The van der Waals surface area contributed by atoms with Crippen molar-refractivity contribution in [3.05, 3.63) is 28.6 Å². The molecule has 2 saturated heterocycles. The molecular weight excluding hydrogens is 491 g/mol. The van der Waals surface area contributed by atoms with Crippen LogP contribution in [0, 0.1) is 12.3 Å². The Morgan fingerprint density at radius 1 is 1.18 bits per heavy atom. The number of hydrogen-bond donors (Lipinski definition) is 3. The van der Waals surface area contributed by atoms with Gasteiger partial charge in [0.1, 0.15) is 6.10 Å². The van der Waals surface area contributed by atoms with Crippen molar-refractivity contribution in [1.82, 2.24) is 14.9 Å². The number of benzene rings is 1.